The maximum absolute atomic E-state index is 12.0. The van der Waals surface area contributed by atoms with Crippen LogP contribution in [0, 0.1) is 0 Å². The number of carbonyl (C=O) groups is 1. The summed E-state index contributed by atoms with van der Waals surface area (Å²) < 4.78 is 1.69. The minimum atomic E-state index is 0.195. The number of carbonyl (C=O) groups excluding carboxylic acids is 1. The van der Waals surface area contributed by atoms with Gasteiger partial charge in [-0.2, -0.15) is 5.10 Å². The Morgan fingerprint density at radius 1 is 1.41 bits per heavy atom. The SMILES string of the molecule is C[C@@H]1CN(C(=O)CCn2cncn2)C[C@H](C)N1. The van der Waals surface area contributed by atoms with Crippen molar-refractivity contribution in [1.82, 2.24) is 25.0 Å². The van der Waals surface area contributed by atoms with Gasteiger partial charge in [0.15, 0.2) is 0 Å². The van der Waals surface area contributed by atoms with Gasteiger partial charge in [0.1, 0.15) is 12.7 Å². The number of aromatic nitrogens is 3. The molecule has 0 unspecified atom stereocenters. The number of hydrogen-bond acceptors (Lipinski definition) is 4. The van der Waals surface area contributed by atoms with Gasteiger partial charge in [0.2, 0.25) is 5.91 Å². The van der Waals surface area contributed by atoms with Gasteiger partial charge in [0.25, 0.3) is 0 Å². The van der Waals surface area contributed by atoms with Crippen LogP contribution in [0.1, 0.15) is 20.3 Å². The molecule has 1 aliphatic heterocycles. The monoisotopic (exact) mass is 237 g/mol. The van der Waals surface area contributed by atoms with Crippen LogP contribution in [0.3, 0.4) is 0 Å². The standard InChI is InChI=1S/C11H19N5O/c1-9-5-15(6-10(2)14-9)11(17)3-4-16-8-12-7-13-16/h7-10,14H,3-6H2,1-2H3/t9-,10+. The number of nitrogens with one attached hydrogen (secondary N) is 1. The molecule has 0 aliphatic carbocycles. The first-order chi connectivity index (χ1) is 8.15. The normalized spacial score (nSPS) is 24.9. The molecule has 94 valence electrons. The predicted molar refractivity (Wildman–Crippen MR) is 63.3 cm³/mol. The molecule has 6 nitrogen and oxygen atoms in total. The summed E-state index contributed by atoms with van der Waals surface area (Å²) in [6.45, 7) is 6.40. The van der Waals surface area contributed by atoms with Crippen molar-refractivity contribution >= 4 is 5.91 Å². The molecule has 1 N–H and O–H groups in total. The van der Waals surface area contributed by atoms with Crippen LogP contribution >= 0.6 is 0 Å². The quantitative estimate of drug-likeness (QED) is 0.796. The van der Waals surface area contributed by atoms with E-state index in [9.17, 15) is 4.79 Å². The number of aryl methyl sites for hydroxylation is 1. The average Bonchev–Trinajstić information content (AvgIpc) is 2.77. The number of rotatable bonds is 3. The third-order valence-electron chi connectivity index (χ3n) is 2.93. The summed E-state index contributed by atoms with van der Waals surface area (Å²) in [6.07, 6.45) is 3.61. The predicted octanol–water partition coefficient (Wildman–Crippen LogP) is -0.123. The van der Waals surface area contributed by atoms with Gasteiger partial charge in [0, 0.05) is 31.6 Å². The largest absolute Gasteiger partial charge is 0.340 e. The molecule has 2 heterocycles. The lowest BCUT2D eigenvalue weighted by atomic mass is 10.1. The Morgan fingerprint density at radius 3 is 2.71 bits per heavy atom. The van der Waals surface area contributed by atoms with Crippen LogP contribution in [-0.4, -0.2) is 50.7 Å². The van der Waals surface area contributed by atoms with E-state index < -0.39 is 0 Å². The molecule has 1 aromatic rings. The van der Waals surface area contributed by atoms with Crippen molar-refractivity contribution in [3.05, 3.63) is 12.7 Å². The zero-order valence-electron chi connectivity index (χ0n) is 10.3. The number of hydrogen-bond donors (Lipinski definition) is 1. The van der Waals surface area contributed by atoms with Crippen molar-refractivity contribution in [2.45, 2.75) is 38.9 Å². The van der Waals surface area contributed by atoms with Gasteiger partial charge in [-0.1, -0.05) is 0 Å². The second-order valence-corrected chi connectivity index (χ2v) is 4.68. The first-order valence-corrected chi connectivity index (χ1v) is 6.01. The second kappa shape index (κ2) is 5.27. The van der Waals surface area contributed by atoms with E-state index in [0.717, 1.165) is 13.1 Å². The molecule has 17 heavy (non-hydrogen) atoms. The molecule has 0 bridgehead atoms. The molecule has 1 amide bonds. The van der Waals surface area contributed by atoms with Crippen LogP contribution in [0.25, 0.3) is 0 Å². The smallest absolute Gasteiger partial charge is 0.224 e. The van der Waals surface area contributed by atoms with E-state index in [4.69, 9.17) is 0 Å². The lowest BCUT2D eigenvalue weighted by Crippen LogP contribution is -2.55. The van der Waals surface area contributed by atoms with Crippen LogP contribution in [0.2, 0.25) is 0 Å². The van der Waals surface area contributed by atoms with E-state index in [1.54, 1.807) is 11.0 Å². The minimum absolute atomic E-state index is 0.195. The lowest BCUT2D eigenvalue weighted by molar-refractivity contribution is -0.133. The van der Waals surface area contributed by atoms with Crippen LogP contribution in [0.4, 0.5) is 0 Å². The molecule has 0 saturated carbocycles. The summed E-state index contributed by atoms with van der Waals surface area (Å²) in [6, 6.07) is 0.739. The molecular weight excluding hydrogens is 218 g/mol. The maximum Gasteiger partial charge on any atom is 0.224 e. The number of amides is 1. The maximum atomic E-state index is 12.0. The highest BCUT2D eigenvalue weighted by atomic mass is 16.2. The topological polar surface area (TPSA) is 63.1 Å². The molecular formula is C11H19N5O. The molecule has 1 fully saturated rings. The number of nitrogens with zero attached hydrogens (tertiary/aromatic N) is 4. The van der Waals surface area contributed by atoms with E-state index in [1.807, 2.05) is 4.90 Å². The van der Waals surface area contributed by atoms with E-state index in [2.05, 4.69) is 29.2 Å². The van der Waals surface area contributed by atoms with Crippen molar-refractivity contribution in [2.75, 3.05) is 13.1 Å². The molecule has 1 aliphatic rings. The average molecular weight is 237 g/mol. The first-order valence-electron chi connectivity index (χ1n) is 6.01. The van der Waals surface area contributed by atoms with Crippen molar-refractivity contribution in [3.63, 3.8) is 0 Å². The molecule has 2 rings (SSSR count). The molecule has 6 heteroatoms. The van der Waals surface area contributed by atoms with Crippen LogP contribution in [-0.2, 0) is 11.3 Å². The number of piperazine rings is 1. The van der Waals surface area contributed by atoms with Gasteiger partial charge in [-0.25, -0.2) is 4.98 Å². The highest BCUT2D eigenvalue weighted by Crippen LogP contribution is 2.06. The third-order valence-corrected chi connectivity index (χ3v) is 2.93. The Bertz CT molecular complexity index is 354. The highest BCUT2D eigenvalue weighted by Gasteiger charge is 2.24. The molecule has 0 aromatic carbocycles. The lowest BCUT2D eigenvalue weighted by Gasteiger charge is -2.36. The summed E-state index contributed by atoms with van der Waals surface area (Å²) in [4.78, 5) is 17.8. The Balaban J connectivity index is 1.83. The van der Waals surface area contributed by atoms with Crippen LogP contribution in [0.15, 0.2) is 12.7 Å². The van der Waals surface area contributed by atoms with Gasteiger partial charge in [-0.3, -0.25) is 9.48 Å². The molecule has 0 radical (unpaired) electrons. The van der Waals surface area contributed by atoms with E-state index in [1.165, 1.54) is 6.33 Å². The van der Waals surface area contributed by atoms with Crippen molar-refractivity contribution < 1.29 is 4.79 Å². The fourth-order valence-electron chi connectivity index (χ4n) is 2.25. The summed E-state index contributed by atoms with van der Waals surface area (Å²) in [5.74, 6) is 0.195. The Hall–Kier alpha value is -1.43. The van der Waals surface area contributed by atoms with Gasteiger partial charge in [0.05, 0.1) is 6.54 Å². The molecule has 2 atom stereocenters. The minimum Gasteiger partial charge on any atom is -0.340 e. The van der Waals surface area contributed by atoms with E-state index in [-0.39, 0.29) is 5.91 Å². The van der Waals surface area contributed by atoms with Crippen molar-refractivity contribution in [1.29, 1.82) is 0 Å². The summed E-state index contributed by atoms with van der Waals surface area (Å²) in [5, 5.41) is 7.40. The summed E-state index contributed by atoms with van der Waals surface area (Å²) >= 11 is 0. The van der Waals surface area contributed by atoms with E-state index >= 15 is 0 Å². The first kappa shape index (κ1) is 12.0. The van der Waals surface area contributed by atoms with Crippen LogP contribution in [0.5, 0.6) is 0 Å². The zero-order valence-corrected chi connectivity index (χ0v) is 10.3. The van der Waals surface area contributed by atoms with Gasteiger partial charge in [-0.05, 0) is 13.8 Å². The molecule has 1 saturated heterocycles. The van der Waals surface area contributed by atoms with Crippen molar-refractivity contribution in [2.24, 2.45) is 0 Å². The van der Waals surface area contributed by atoms with E-state index in [0.29, 0.717) is 25.0 Å². The van der Waals surface area contributed by atoms with Crippen LogP contribution < -0.4 is 5.32 Å². The molecule has 0 spiro atoms. The highest BCUT2D eigenvalue weighted by molar-refractivity contribution is 5.76. The molecule has 1 aromatic heterocycles. The van der Waals surface area contributed by atoms with Gasteiger partial charge >= 0.3 is 0 Å². The zero-order chi connectivity index (χ0) is 12.3. The summed E-state index contributed by atoms with van der Waals surface area (Å²) in [7, 11) is 0. The third kappa shape index (κ3) is 3.26. The van der Waals surface area contributed by atoms with Gasteiger partial charge < -0.3 is 10.2 Å². The fraction of sp³-hybridized carbons (Fsp3) is 0.727. The van der Waals surface area contributed by atoms with Crippen molar-refractivity contribution in [3.8, 4) is 0 Å². The Kier molecular flexibility index (Phi) is 3.73. The van der Waals surface area contributed by atoms with Gasteiger partial charge in [-0.15, -0.1) is 0 Å². The Morgan fingerprint density at radius 2 is 2.12 bits per heavy atom. The summed E-state index contributed by atoms with van der Waals surface area (Å²) in [5.41, 5.74) is 0. The Labute approximate surface area is 101 Å². The fourth-order valence-corrected chi connectivity index (χ4v) is 2.25. The second-order valence-electron chi connectivity index (χ2n) is 4.68.